The molecule has 1 aromatic carbocycles. The van der Waals surface area contributed by atoms with Crippen LogP contribution < -0.4 is 10.6 Å². The Balaban J connectivity index is 1.50. The zero-order valence-electron chi connectivity index (χ0n) is 11.4. The van der Waals surface area contributed by atoms with Gasteiger partial charge in [0.15, 0.2) is 0 Å². The van der Waals surface area contributed by atoms with Gasteiger partial charge < -0.3 is 10.6 Å². The van der Waals surface area contributed by atoms with Gasteiger partial charge >= 0.3 is 0 Å². The maximum absolute atomic E-state index is 12.0. The van der Waals surface area contributed by atoms with Crippen LogP contribution in [0.1, 0.15) is 17.8 Å². The number of carbonyl (C=O) groups excluding carboxylic acids is 1. The van der Waals surface area contributed by atoms with Gasteiger partial charge in [-0.15, -0.1) is 11.3 Å². The summed E-state index contributed by atoms with van der Waals surface area (Å²) >= 11 is 1.71. The minimum Gasteiger partial charge on any atom is -0.355 e. The van der Waals surface area contributed by atoms with Crippen LogP contribution in [0.2, 0.25) is 0 Å². The topological polar surface area (TPSA) is 54.0 Å². The Labute approximate surface area is 122 Å². The van der Waals surface area contributed by atoms with E-state index in [1.165, 1.54) is 4.70 Å². The summed E-state index contributed by atoms with van der Waals surface area (Å²) in [6.07, 6.45) is 2.90. The number of fused-ring (bicyclic) bond motifs is 1. The van der Waals surface area contributed by atoms with Crippen molar-refractivity contribution in [1.29, 1.82) is 0 Å². The van der Waals surface area contributed by atoms with E-state index < -0.39 is 0 Å². The van der Waals surface area contributed by atoms with Crippen molar-refractivity contribution in [3.05, 3.63) is 29.3 Å². The molecule has 1 aromatic heterocycles. The number of benzene rings is 1. The SMILES string of the molecule is O=C(NCCc1nc2ccccc2s1)[C@@H]1CCCNC1. The van der Waals surface area contributed by atoms with E-state index in [0.717, 1.165) is 42.9 Å². The summed E-state index contributed by atoms with van der Waals surface area (Å²) < 4.78 is 1.21. The second-order valence-electron chi connectivity index (χ2n) is 5.16. The van der Waals surface area contributed by atoms with E-state index in [1.54, 1.807) is 11.3 Å². The van der Waals surface area contributed by atoms with Crippen LogP contribution in [0.15, 0.2) is 24.3 Å². The lowest BCUT2D eigenvalue weighted by Gasteiger charge is -2.21. The van der Waals surface area contributed by atoms with Crippen molar-refractivity contribution in [1.82, 2.24) is 15.6 Å². The van der Waals surface area contributed by atoms with Crippen LogP contribution in [0.4, 0.5) is 0 Å². The van der Waals surface area contributed by atoms with Gasteiger partial charge in [-0.25, -0.2) is 4.98 Å². The second kappa shape index (κ2) is 6.33. The van der Waals surface area contributed by atoms with Crippen molar-refractivity contribution in [2.24, 2.45) is 5.92 Å². The summed E-state index contributed by atoms with van der Waals surface area (Å²) in [4.78, 5) is 16.6. The molecular weight excluding hydrogens is 270 g/mol. The molecule has 0 saturated carbocycles. The maximum Gasteiger partial charge on any atom is 0.224 e. The average Bonchev–Trinajstić information content (AvgIpc) is 2.90. The Morgan fingerprint density at radius 1 is 1.45 bits per heavy atom. The molecule has 1 amide bonds. The Morgan fingerprint density at radius 3 is 3.15 bits per heavy atom. The fraction of sp³-hybridized carbons (Fsp3) is 0.467. The molecule has 2 heterocycles. The first kappa shape index (κ1) is 13.5. The van der Waals surface area contributed by atoms with Gasteiger partial charge in [0.05, 0.1) is 21.1 Å². The fourth-order valence-electron chi connectivity index (χ4n) is 2.54. The molecular formula is C15H19N3OS. The molecule has 1 saturated heterocycles. The van der Waals surface area contributed by atoms with Crippen molar-refractivity contribution in [2.75, 3.05) is 19.6 Å². The molecule has 5 heteroatoms. The fourth-order valence-corrected chi connectivity index (χ4v) is 3.51. The quantitative estimate of drug-likeness (QED) is 0.904. The predicted octanol–water partition coefficient (Wildman–Crippen LogP) is 1.95. The van der Waals surface area contributed by atoms with E-state index in [2.05, 4.69) is 21.7 Å². The lowest BCUT2D eigenvalue weighted by atomic mass is 9.99. The maximum atomic E-state index is 12.0. The standard InChI is InChI=1S/C15H19N3OS/c19-15(11-4-3-8-16-10-11)17-9-7-14-18-12-5-1-2-6-13(12)20-14/h1-2,5-6,11,16H,3-4,7-10H2,(H,17,19)/t11-/m1/s1. The third-order valence-corrected chi connectivity index (χ3v) is 4.74. The molecule has 106 valence electrons. The minimum atomic E-state index is 0.138. The highest BCUT2D eigenvalue weighted by Gasteiger charge is 2.20. The minimum absolute atomic E-state index is 0.138. The van der Waals surface area contributed by atoms with E-state index in [0.29, 0.717) is 6.54 Å². The van der Waals surface area contributed by atoms with E-state index in [9.17, 15) is 4.79 Å². The molecule has 2 aromatic rings. The lowest BCUT2D eigenvalue weighted by Crippen LogP contribution is -2.41. The zero-order chi connectivity index (χ0) is 13.8. The van der Waals surface area contributed by atoms with Gasteiger partial charge in [0.1, 0.15) is 0 Å². The van der Waals surface area contributed by atoms with Gasteiger partial charge in [-0.1, -0.05) is 12.1 Å². The molecule has 1 atom stereocenters. The van der Waals surface area contributed by atoms with Crippen molar-refractivity contribution in [3.8, 4) is 0 Å². The number of piperidine rings is 1. The van der Waals surface area contributed by atoms with Crippen molar-refractivity contribution < 1.29 is 4.79 Å². The van der Waals surface area contributed by atoms with Gasteiger partial charge in [-0.3, -0.25) is 4.79 Å². The number of hydrogen-bond donors (Lipinski definition) is 2. The Morgan fingerprint density at radius 2 is 2.35 bits per heavy atom. The van der Waals surface area contributed by atoms with Gasteiger partial charge in [0, 0.05) is 19.5 Å². The molecule has 0 spiro atoms. The molecule has 4 nitrogen and oxygen atoms in total. The number of hydrogen-bond acceptors (Lipinski definition) is 4. The third-order valence-electron chi connectivity index (χ3n) is 3.64. The van der Waals surface area contributed by atoms with Crippen LogP contribution in [0, 0.1) is 5.92 Å². The molecule has 3 rings (SSSR count). The van der Waals surface area contributed by atoms with Crippen LogP contribution >= 0.6 is 11.3 Å². The van der Waals surface area contributed by atoms with E-state index >= 15 is 0 Å². The first-order chi connectivity index (χ1) is 9.83. The largest absolute Gasteiger partial charge is 0.355 e. The Kier molecular flexibility index (Phi) is 4.28. The molecule has 2 N–H and O–H groups in total. The van der Waals surface area contributed by atoms with Crippen LogP contribution in [0.3, 0.4) is 0 Å². The highest BCUT2D eigenvalue weighted by atomic mass is 32.1. The van der Waals surface area contributed by atoms with E-state index in [-0.39, 0.29) is 11.8 Å². The molecule has 0 aliphatic carbocycles. The highest BCUT2D eigenvalue weighted by molar-refractivity contribution is 7.18. The first-order valence-electron chi connectivity index (χ1n) is 7.16. The number of rotatable bonds is 4. The summed E-state index contributed by atoms with van der Waals surface area (Å²) in [6.45, 7) is 2.53. The molecule has 20 heavy (non-hydrogen) atoms. The first-order valence-corrected chi connectivity index (χ1v) is 7.97. The zero-order valence-corrected chi connectivity index (χ0v) is 12.2. The number of nitrogens with zero attached hydrogens (tertiary/aromatic N) is 1. The molecule has 0 radical (unpaired) electrons. The highest BCUT2D eigenvalue weighted by Crippen LogP contribution is 2.21. The van der Waals surface area contributed by atoms with Crippen molar-refractivity contribution in [2.45, 2.75) is 19.3 Å². The third kappa shape index (κ3) is 3.16. The predicted molar refractivity (Wildman–Crippen MR) is 81.9 cm³/mol. The number of nitrogens with one attached hydrogen (secondary N) is 2. The Hall–Kier alpha value is -1.46. The number of thiazole rings is 1. The Bertz CT molecular complexity index is 557. The van der Waals surface area contributed by atoms with Gasteiger partial charge in [0.25, 0.3) is 0 Å². The second-order valence-corrected chi connectivity index (χ2v) is 6.27. The molecule has 0 unspecified atom stereocenters. The number of aromatic nitrogens is 1. The van der Waals surface area contributed by atoms with Gasteiger partial charge in [-0.2, -0.15) is 0 Å². The van der Waals surface area contributed by atoms with Gasteiger partial charge in [-0.05, 0) is 31.5 Å². The number of para-hydroxylation sites is 1. The van der Waals surface area contributed by atoms with E-state index in [4.69, 9.17) is 0 Å². The lowest BCUT2D eigenvalue weighted by molar-refractivity contribution is -0.125. The van der Waals surface area contributed by atoms with Crippen LogP contribution in [-0.4, -0.2) is 30.5 Å². The number of amides is 1. The molecule has 1 aliphatic heterocycles. The summed E-state index contributed by atoms with van der Waals surface area (Å²) in [5.74, 6) is 0.317. The van der Waals surface area contributed by atoms with Crippen LogP contribution in [0.25, 0.3) is 10.2 Å². The summed E-state index contributed by atoms with van der Waals surface area (Å²) in [7, 11) is 0. The molecule has 0 bridgehead atoms. The van der Waals surface area contributed by atoms with E-state index in [1.807, 2.05) is 18.2 Å². The van der Waals surface area contributed by atoms with Crippen molar-refractivity contribution >= 4 is 27.5 Å². The smallest absolute Gasteiger partial charge is 0.224 e. The number of carbonyl (C=O) groups is 1. The van der Waals surface area contributed by atoms with Gasteiger partial charge in [0.2, 0.25) is 5.91 Å². The van der Waals surface area contributed by atoms with Crippen LogP contribution in [-0.2, 0) is 11.2 Å². The molecule has 1 aliphatic rings. The average molecular weight is 289 g/mol. The normalized spacial score (nSPS) is 19.1. The summed E-state index contributed by atoms with van der Waals surface area (Å²) in [5.41, 5.74) is 1.05. The monoisotopic (exact) mass is 289 g/mol. The summed E-state index contributed by atoms with van der Waals surface area (Å²) in [6, 6.07) is 8.15. The molecule has 1 fully saturated rings. The van der Waals surface area contributed by atoms with Crippen molar-refractivity contribution in [3.63, 3.8) is 0 Å². The summed E-state index contributed by atoms with van der Waals surface area (Å²) in [5, 5.41) is 7.39. The van der Waals surface area contributed by atoms with Crippen LogP contribution in [0.5, 0.6) is 0 Å².